The number of carbonyl (C=O) groups excluding carboxylic acids is 1. The average Bonchev–Trinajstić information content (AvgIpc) is 3.49. The molecule has 2 aromatic rings. The van der Waals surface area contributed by atoms with Gasteiger partial charge in [0.2, 0.25) is 0 Å². The topological polar surface area (TPSA) is 90.7 Å². The van der Waals surface area contributed by atoms with Crippen LogP contribution in [0.25, 0.3) is 11.3 Å². The van der Waals surface area contributed by atoms with Crippen molar-refractivity contribution < 1.29 is 23.1 Å². The highest BCUT2D eigenvalue weighted by Gasteiger charge is 2.56. The zero-order chi connectivity index (χ0) is 31.5. The van der Waals surface area contributed by atoms with Crippen LogP contribution in [0.15, 0.2) is 77.9 Å². The molecule has 2 atom stereocenters. The van der Waals surface area contributed by atoms with E-state index in [1.54, 1.807) is 0 Å². The van der Waals surface area contributed by atoms with Crippen molar-refractivity contribution in [2.75, 3.05) is 32.7 Å². The Hall–Kier alpha value is -3.70. The number of aliphatic hydroxyl groups is 1. The van der Waals surface area contributed by atoms with E-state index in [2.05, 4.69) is 16.9 Å². The number of nitrogens with zero attached hydrogens (tertiary/aromatic N) is 4. The molecule has 1 saturated carbocycles. The maximum Gasteiger partial charge on any atom is 0.417 e. The van der Waals surface area contributed by atoms with Gasteiger partial charge in [0.1, 0.15) is 0 Å². The van der Waals surface area contributed by atoms with Crippen molar-refractivity contribution in [2.45, 2.75) is 63.4 Å². The number of halogens is 3. The van der Waals surface area contributed by atoms with Crippen LogP contribution in [0.3, 0.4) is 0 Å². The van der Waals surface area contributed by atoms with Gasteiger partial charge >= 0.3 is 12.2 Å². The zero-order valence-corrected chi connectivity index (χ0v) is 25.0. The number of aromatic nitrogens is 2. The quantitative estimate of drug-likeness (QED) is 0.449. The van der Waals surface area contributed by atoms with E-state index < -0.39 is 28.3 Å². The zero-order valence-electron chi connectivity index (χ0n) is 25.0. The number of carbonyl (C=O) groups is 1. The molecule has 44 heavy (non-hydrogen) atoms. The summed E-state index contributed by atoms with van der Waals surface area (Å²) >= 11 is 0. The van der Waals surface area contributed by atoms with Gasteiger partial charge in [0.15, 0.2) is 0 Å². The van der Waals surface area contributed by atoms with Gasteiger partial charge in [-0.2, -0.15) is 13.2 Å². The number of hydrogen-bond donors (Lipinski definition) is 2. The minimum Gasteiger partial charge on any atom is -0.387 e. The molecule has 2 aliphatic heterocycles. The molecule has 1 aromatic heterocycles. The van der Waals surface area contributed by atoms with Crippen molar-refractivity contribution >= 4 is 6.03 Å². The van der Waals surface area contributed by atoms with E-state index in [0.717, 1.165) is 30.5 Å². The number of piperazine rings is 1. The molecule has 3 fully saturated rings. The summed E-state index contributed by atoms with van der Waals surface area (Å²) in [5.41, 5.74) is -2.73. The Morgan fingerprint density at radius 1 is 1.18 bits per heavy atom. The third kappa shape index (κ3) is 6.25. The number of hydrogen-bond acceptors (Lipinski definition) is 5. The second-order valence-corrected chi connectivity index (χ2v) is 12.1. The van der Waals surface area contributed by atoms with Crippen LogP contribution >= 0.6 is 0 Å². The first-order chi connectivity index (χ1) is 21.0. The minimum atomic E-state index is -4.59. The number of likely N-dealkylation sites (tertiary alicyclic amines) is 1. The molecule has 3 heterocycles. The Labute approximate surface area is 255 Å². The Bertz CT molecular complexity index is 1490. The standard InChI is InChI=1S/C33H40F3N5O3/c1-3-4-5-10-24(2)28-20-37-16-18-41(28)30(43)39-17-15-32(44,31(21-39)13-8-9-14-31)22-40-23-38-27(19-29(40)42)25-11-6-7-12-26(25)33(34,35)36/h3-7,10-12,19,23,28,37,44H,2,8-9,13-18,20-22H2,1H3/b4-3-,10-5-/t28-,32+/m0/s1. The fourth-order valence-electron chi connectivity index (χ4n) is 7.04. The first-order valence-electron chi connectivity index (χ1n) is 15.2. The molecule has 5 rings (SSSR count). The van der Waals surface area contributed by atoms with Gasteiger partial charge in [-0.1, -0.05) is 61.9 Å². The van der Waals surface area contributed by atoms with Gasteiger partial charge in [-0.3, -0.25) is 9.36 Å². The summed E-state index contributed by atoms with van der Waals surface area (Å²) in [5.74, 6) is 0. The third-order valence-corrected chi connectivity index (χ3v) is 9.46. The average molecular weight is 612 g/mol. The highest BCUT2D eigenvalue weighted by molar-refractivity contribution is 5.76. The largest absolute Gasteiger partial charge is 0.417 e. The molecule has 0 unspecified atom stereocenters. The first-order valence-corrected chi connectivity index (χ1v) is 15.2. The van der Waals surface area contributed by atoms with Crippen molar-refractivity contribution in [3.63, 3.8) is 0 Å². The van der Waals surface area contributed by atoms with Crippen LogP contribution in [-0.2, 0) is 12.7 Å². The van der Waals surface area contributed by atoms with Crippen LogP contribution in [0.2, 0.25) is 0 Å². The summed E-state index contributed by atoms with van der Waals surface area (Å²) in [6.07, 6.45) is 7.77. The normalized spacial score (nSPS) is 24.1. The number of benzene rings is 1. The van der Waals surface area contributed by atoms with Crippen LogP contribution in [0.1, 0.15) is 44.6 Å². The second-order valence-electron chi connectivity index (χ2n) is 12.1. The van der Waals surface area contributed by atoms with Crippen molar-refractivity contribution in [2.24, 2.45) is 5.41 Å². The number of piperidine rings is 1. The molecule has 8 nitrogen and oxygen atoms in total. The maximum absolute atomic E-state index is 13.9. The summed E-state index contributed by atoms with van der Waals surface area (Å²) in [6, 6.07) is 5.83. The van der Waals surface area contributed by atoms with Crippen LogP contribution < -0.4 is 10.9 Å². The predicted molar refractivity (Wildman–Crippen MR) is 163 cm³/mol. The Morgan fingerprint density at radius 2 is 1.93 bits per heavy atom. The van der Waals surface area contributed by atoms with Crippen LogP contribution in [0, 0.1) is 5.41 Å². The number of rotatable bonds is 6. The summed E-state index contributed by atoms with van der Waals surface area (Å²) in [4.78, 5) is 35.1. The lowest BCUT2D eigenvalue weighted by molar-refractivity contribution is -0.137. The SMILES string of the molecule is C=C(/C=C\C=C/C)[C@@H]1CNCCN1C(=O)N1CC[C@@](O)(Cn2cnc(-c3ccccc3C(F)(F)F)cc2=O)C2(CCCC2)C1. The molecular formula is C33H40F3N5O3. The molecule has 1 spiro atoms. The van der Waals surface area contributed by atoms with E-state index in [9.17, 15) is 27.9 Å². The van der Waals surface area contributed by atoms with Gasteiger partial charge in [0.25, 0.3) is 5.56 Å². The predicted octanol–water partition coefficient (Wildman–Crippen LogP) is 5.01. The first kappa shape index (κ1) is 31.7. The molecule has 0 bridgehead atoms. The minimum absolute atomic E-state index is 0.0507. The molecule has 1 aromatic carbocycles. The summed E-state index contributed by atoms with van der Waals surface area (Å²) < 4.78 is 42.0. The highest BCUT2D eigenvalue weighted by Crippen LogP contribution is 2.51. The van der Waals surface area contributed by atoms with E-state index in [1.165, 1.54) is 29.1 Å². The molecule has 2 N–H and O–H groups in total. The fraction of sp³-hybridized carbons (Fsp3) is 0.485. The summed E-state index contributed by atoms with van der Waals surface area (Å²) in [6.45, 7) is 8.59. The maximum atomic E-state index is 13.9. The Balaban J connectivity index is 1.36. The highest BCUT2D eigenvalue weighted by atomic mass is 19.4. The molecule has 2 saturated heterocycles. The molecule has 11 heteroatoms. The second kappa shape index (κ2) is 12.7. The lowest BCUT2D eigenvalue weighted by Crippen LogP contribution is -2.65. The van der Waals surface area contributed by atoms with Gasteiger partial charge in [-0.15, -0.1) is 0 Å². The van der Waals surface area contributed by atoms with Crippen molar-refractivity contribution in [3.05, 3.63) is 89.0 Å². The van der Waals surface area contributed by atoms with Crippen molar-refractivity contribution in [3.8, 4) is 11.3 Å². The van der Waals surface area contributed by atoms with E-state index in [1.807, 2.05) is 41.0 Å². The number of nitrogens with one attached hydrogen (secondary N) is 1. The third-order valence-electron chi connectivity index (χ3n) is 9.46. The van der Waals surface area contributed by atoms with Crippen LogP contribution in [-0.4, -0.2) is 74.9 Å². The number of alkyl halides is 3. The van der Waals surface area contributed by atoms with Gasteiger partial charge in [-0.05, 0) is 37.8 Å². The molecule has 1 aliphatic carbocycles. The molecule has 2 amide bonds. The van der Waals surface area contributed by atoms with Gasteiger partial charge < -0.3 is 20.2 Å². The number of allylic oxidation sites excluding steroid dienone is 3. The molecular weight excluding hydrogens is 571 g/mol. The fourth-order valence-corrected chi connectivity index (χ4v) is 7.04. The molecule has 0 radical (unpaired) electrons. The van der Waals surface area contributed by atoms with E-state index in [0.29, 0.717) is 45.6 Å². The van der Waals surface area contributed by atoms with Gasteiger partial charge in [0.05, 0.1) is 35.8 Å². The van der Waals surface area contributed by atoms with Gasteiger partial charge in [-0.25, -0.2) is 9.78 Å². The Kier molecular flexibility index (Phi) is 9.17. The lowest BCUT2D eigenvalue weighted by atomic mass is 9.66. The summed E-state index contributed by atoms with van der Waals surface area (Å²) in [5, 5.41) is 15.5. The molecule has 3 aliphatic rings. The van der Waals surface area contributed by atoms with E-state index in [-0.39, 0.29) is 36.3 Å². The number of urea groups is 1. The van der Waals surface area contributed by atoms with E-state index in [4.69, 9.17) is 0 Å². The van der Waals surface area contributed by atoms with Crippen LogP contribution in [0.4, 0.5) is 18.0 Å². The van der Waals surface area contributed by atoms with Crippen molar-refractivity contribution in [1.29, 1.82) is 0 Å². The number of amides is 2. The smallest absolute Gasteiger partial charge is 0.387 e. The van der Waals surface area contributed by atoms with Crippen molar-refractivity contribution in [1.82, 2.24) is 24.7 Å². The van der Waals surface area contributed by atoms with Crippen LogP contribution in [0.5, 0.6) is 0 Å². The lowest BCUT2D eigenvalue weighted by Gasteiger charge is -2.53. The molecule has 236 valence electrons. The van der Waals surface area contributed by atoms with E-state index >= 15 is 0 Å². The Morgan fingerprint density at radius 3 is 2.64 bits per heavy atom. The summed E-state index contributed by atoms with van der Waals surface area (Å²) in [7, 11) is 0. The van der Waals surface area contributed by atoms with Gasteiger partial charge in [0, 0.05) is 49.8 Å². The monoisotopic (exact) mass is 611 g/mol.